The van der Waals surface area contributed by atoms with Crippen molar-refractivity contribution in [2.24, 2.45) is 0 Å². The van der Waals surface area contributed by atoms with E-state index < -0.39 is 35.9 Å². The fraction of sp³-hybridized carbons (Fsp3) is 0.429. The van der Waals surface area contributed by atoms with Crippen LogP contribution < -0.4 is 5.19 Å². The van der Waals surface area contributed by atoms with Crippen molar-refractivity contribution in [2.45, 2.75) is 38.2 Å². The molecular weight excluding hydrogens is 351 g/mol. The molecule has 0 aliphatic heterocycles. The summed E-state index contributed by atoms with van der Waals surface area (Å²) in [7, 11) is -5.11. The van der Waals surface area contributed by atoms with Crippen LogP contribution in [0.15, 0.2) is 30.8 Å². The molecule has 1 rings (SSSR count). The molecule has 0 radical (unpaired) electrons. The van der Waals surface area contributed by atoms with Crippen LogP contribution in [0.3, 0.4) is 0 Å². The summed E-state index contributed by atoms with van der Waals surface area (Å²) < 4.78 is 72.6. The molecule has 0 heterocycles. The van der Waals surface area contributed by atoms with E-state index in [1.807, 2.05) is 0 Å². The highest BCUT2D eigenvalue weighted by molar-refractivity contribution is 6.82. The molecule has 1 aromatic carbocycles. The first kappa shape index (κ1) is 20.0. The molecular formula is C14H19F5O2Si2. The number of rotatable bonds is 7. The number of ether oxygens (including phenoxy) is 1. The Morgan fingerprint density at radius 2 is 1.70 bits per heavy atom. The molecule has 0 aliphatic rings. The molecule has 0 aliphatic carbocycles. The lowest BCUT2D eigenvalue weighted by Crippen LogP contribution is -2.48. The molecule has 0 bridgehead atoms. The van der Waals surface area contributed by atoms with Gasteiger partial charge in [0.1, 0.15) is 0 Å². The van der Waals surface area contributed by atoms with Crippen molar-refractivity contribution < 1.29 is 30.8 Å². The Bertz CT molecular complexity index is 541. The molecule has 9 heteroatoms. The number of benzene rings is 1. The Hall–Kier alpha value is -1.04. The van der Waals surface area contributed by atoms with Crippen LogP contribution in [0.5, 0.6) is 0 Å². The summed E-state index contributed by atoms with van der Waals surface area (Å²) in [6.07, 6.45) is -8.26. The van der Waals surface area contributed by atoms with Crippen molar-refractivity contribution >= 4 is 28.6 Å². The van der Waals surface area contributed by atoms with E-state index >= 15 is 0 Å². The molecule has 1 aromatic rings. The zero-order chi connectivity index (χ0) is 17.9. The fourth-order valence-electron chi connectivity index (χ4n) is 2.06. The standard InChI is InChI=1S/C14H19F5O2Si2/c1-5-11-8-6-7-9-12(11)22(21-23(2,3)4)10-13(15,16)20-14(17,18)19/h5-9,22H,1,10H2,2-4H3. The highest BCUT2D eigenvalue weighted by Gasteiger charge is 2.47. The molecule has 0 N–H and O–H groups in total. The van der Waals surface area contributed by atoms with E-state index in [4.69, 9.17) is 4.12 Å². The van der Waals surface area contributed by atoms with Gasteiger partial charge in [-0.2, -0.15) is 8.78 Å². The van der Waals surface area contributed by atoms with Crippen molar-refractivity contribution in [1.82, 2.24) is 0 Å². The second-order valence-corrected chi connectivity index (χ2v) is 13.1. The summed E-state index contributed by atoms with van der Waals surface area (Å²) in [6, 6.07) is 5.50. The second-order valence-electron chi connectivity index (χ2n) is 5.94. The smallest absolute Gasteiger partial charge is 0.454 e. The monoisotopic (exact) mass is 370 g/mol. The number of hydrogen-bond acceptors (Lipinski definition) is 2. The topological polar surface area (TPSA) is 18.5 Å². The normalized spacial score (nSPS) is 14.6. The van der Waals surface area contributed by atoms with Crippen molar-refractivity contribution in [3.8, 4) is 0 Å². The van der Waals surface area contributed by atoms with E-state index in [-0.39, 0.29) is 0 Å². The van der Waals surface area contributed by atoms with Crippen LogP contribution in [0.1, 0.15) is 5.56 Å². The maximum atomic E-state index is 13.7. The first-order valence-corrected chi connectivity index (χ1v) is 12.1. The van der Waals surface area contributed by atoms with Gasteiger partial charge in [-0.1, -0.05) is 36.9 Å². The van der Waals surface area contributed by atoms with E-state index in [1.54, 1.807) is 43.9 Å². The Morgan fingerprint density at radius 1 is 1.13 bits per heavy atom. The molecule has 2 nitrogen and oxygen atoms in total. The van der Waals surface area contributed by atoms with Gasteiger partial charge in [0.15, 0.2) is 8.32 Å². The van der Waals surface area contributed by atoms with Gasteiger partial charge in [-0.15, -0.1) is 13.2 Å². The maximum Gasteiger partial charge on any atom is 0.527 e. The average Bonchev–Trinajstić information content (AvgIpc) is 2.32. The lowest BCUT2D eigenvalue weighted by molar-refractivity contribution is -0.419. The zero-order valence-corrected chi connectivity index (χ0v) is 15.2. The number of alkyl halides is 5. The van der Waals surface area contributed by atoms with E-state index in [1.165, 1.54) is 6.08 Å². The molecule has 130 valence electrons. The Morgan fingerprint density at radius 3 is 2.17 bits per heavy atom. The molecule has 1 atom stereocenters. The van der Waals surface area contributed by atoms with Crippen LogP contribution in [0.25, 0.3) is 6.08 Å². The van der Waals surface area contributed by atoms with Gasteiger partial charge in [-0.05, 0) is 30.4 Å². The summed E-state index contributed by atoms with van der Waals surface area (Å²) >= 11 is 0. The van der Waals surface area contributed by atoms with Crippen LogP contribution in [-0.2, 0) is 8.85 Å². The van der Waals surface area contributed by atoms with Crippen LogP contribution >= 0.6 is 0 Å². The van der Waals surface area contributed by atoms with Crippen LogP contribution in [0.4, 0.5) is 22.0 Å². The average molecular weight is 370 g/mol. The Labute approximate surface area is 134 Å². The minimum Gasteiger partial charge on any atom is -0.454 e. The van der Waals surface area contributed by atoms with E-state index in [9.17, 15) is 22.0 Å². The van der Waals surface area contributed by atoms with Crippen molar-refractivity contribution in [3.05, 3.63) is 36.4 Å². The summed E-state index contributed by atoms with van der Waals surface area (Å²) in [6.45, 7) is 9.00. The van der Waals surface area contributed by atoms with Gasteiger partial charge in [-0.25, -0.2) is 4.74 Å². The molecule has 0 spiro atoms. The summed E-state index contributed by atoms with van der Waals surface area (Å²) in [4.78, 5) is 0. The van der Waals surface area contributed by atoms with Gasteiger partial charge in [0.25, 0.3) is 0 Å². The first-order valence-electron chi connectivity index (χ1n) is 6.87. The van der Waals surface area contributed by atoms with Crippen LogP contribution in [-0.4, -0.2) is 29.8 Å². The summed E-state index contributed by atoms with van der Waals surface area (Å²) in [5, 5.41) is 0.496. The third-order valence-electron chi connectivity index (χ3n) is 2.75. The predicted molar refractivity (Wildman–Crippen MR) is 84.6 cm³/mol. The summed E-state index contributed by atoms with van der Waals surface area (Å²) in [5.41, 5.74) is 0.588. The van der Waals surface area contributed by atoms with Crippen molar-refractivity contribution in [1.29, 1.82) is 0 Å². The zero-order valence-electron chi connectivity index (χ0n) is 13.1. The third-order valence-corrected chi connectivity index (χ3v) is 8.78. The third kappa shape index (κ3) is 7.38. The minimum absolute atomic E-state index is 0.496. The van der Waals surface area contributed by atoms with Gasteiger partial charge in [-0.3, -0.25) is 0 Å². The van der Waals surface area contributed by atoms with Gasteiger partial charge < -0.3 is 4.12 Å². The van der Waals surface area contributed by atoms with E-state index in [0.717, 1.165) is 0 Å². The highest BCUT2D eigenvalue weighted by atomic mass is 28.4. The maximum absolute atomic E-state index is 13.7. The van der Waals surface area contributed by atoms with Gasteiger partial charge in [0, 0.05) is 0 Å². The molecule has 0 saturated heterocycles. The molecule has 0 aromatic heterocycles. The van der Waals surface area contributed by atoms with Gasteiger partial charge >= 0.3 is 12.5 Å². The number of hydrogen-bond donors (Lipinski definition) is 0. The molecule has 0 saturated carbocycles. The lowest BCUT2D eigenvalue weighted by Gasteiger charge is -2.29. The summed E-state index contributed by atoms with van der Waals surface area (Å²) in [5.74, 6) is 0. The molecule has 1 unspecified atom stereocenters. The molecule has 23 heavy (non-hydrogen) atoms. The largest absolute Gasteiger partial charge is 0.527 e. The minimum atomic E-state index is -5.40. The van der Waals surface area contributed by atoms with Crippen LogP contribution in [0, 0.1) is 0 Å². The Balaban J connectivity index is 3.13. The lowest BCUT2D eigenvalue weighted by atomic mass is 10.2. The van der Waals surface area contributed by atoms with Crippen molar-refractivity contribution in [2.75, 3.05) is 0 Å². The van der Waals surface area contributed by atoms with Gasteiger partial charge in [0.05, 0.1) is 6.04 Å². The molecule has 0 amide bonds. The molecule has 0 fully saturated rings. The SMILES string of the molecule is C=Cc1ccccc1[SiH](CC(F)(F)OC(F)(F)F)O[Si](C)(C)C. The highest BCUT2D eigenvalue weighted by Crippen LogP contribution is 2.32. The second kappa shape index (κ2) is 7.24. The van der Waals surface area contributed by atoms with Gasteiger partial charge in [0.2, 0.25) is 9.04 Å². The fourth-order valence-corrected chi connectivity index (χ4v) is 7.96. The Kier molecular flexibility index (Phi) is 6.30. The van der Waals surface area contributed by atoms with E-state index in [2.05, 4.69) is 11.3 Å². The van der Waals surface area contributed by atoms with E-state index in [0.29, 0.717) is 10.8 Å². The number of halogens is 5. The van der Waals surface area contributed by atoms with Crippen LogP contribution in [0.2, 0.25) is 25.7 Å². The quantitative estimate of drug-likeness (QED) is 0.528. The first-order chi connectivity index (χ1) is 10.3. The predicted octanol–water partition coefficient (Wildman–Crippen LogP) is 4.24. The van der Waals surface area contributed by atoms with Crippen molar-refractivity contribution in [3.63, 3.8) is 0 Å².